The summed E-state index contributed by atoms with van der Waals surface area (Å²) in [5.41, 5.74) is 0.412. The molecule has 1 heterocycles. The van der Waals surface area contributed by atoms with Crippen LogP contribution in [0.5, 0.6) is 0 Å². The number of esters is 1. The second-order valence-corrected chi connectivity index (χ2v) is 7.53. The minimum absolute atomic E-state index is 0.170. The summed E-state index contributed by atoms with van der Waals surface area (Å²) >= 11 is 0. The number of hydrogen-bond acceptors (Lipinski definition) is 4. The van der Waals surface area contributed by atoms with E-state index >= 15 is 0 Å². The lowest BCUT2D eigenvalue weighted by molar-refractivity contribution is -0.254. The van der Waals surface area contributed by atoms with Crippen LogP contribution in [0.1, 0.15) is 53.4 Å². The summed E-state index contributed by atoms with van der Waals surface area (Å²) in [5.74, 6) is -0.539. The van der Waals surface area contributed by atoms with Crippen molar-refractivity contribution in [2.24, 2.45) is 11.3 Å². The third kappa shape index (κ3) is 3.38. The van der Waals surface area contributed by atoms with E-state index in [0.717, 1.165) is 19.3 Å². The van der Waals surface area contributed by atoms with Gasteiger partial charge >= 0.3 is 5.97 Å². The second-order valence-electron chi connectivity index (χ2n) is 7.53. The molecule has 2 aliphatic rings. The van der Waals surface area contributed by atoms with Gasteiger partial charge in [-0.2, -0.15) is 0 Å². The standard InChI is InChI=1S/C19H30O4/c1-7-18(6,23-15(3)20)10-9-16-14(2)8-11-19(17(16,4)5)21-12-13-22-19/h7,16H,1-2,8-13H2,3-6H3/t16-,18+/m1/s1. The second kappa shape index (κ2) is 6.40. The number of carbonyl (C=O) groups is 1. The molecule has 0 aromatic rings. The summed E-state index contributed by atoms with van der Waals surface area (Å²) in [6.07, 6.45) is 5.05. The van der Waals surface area contributed by atoms with E-state index < -0.39 is 11.4 Å². The molecule has 1 saturated heterocycles. The molecule has 0 N–H and O–H groups in total. The highest BCUT2D eigenvalue weighted by Crippen LogP contribution is 2.55. The molecule has 0 bridgehead atoms. The van der Waals surface area contributed by atoms with Gasteiger partial charge < -0.3 is 14.2 Å². The molecule has 23 heavy (non-hydrogen) atoms. The van der Waals surface area contributed by atoms with E-state index in [1.807, 2.05) is 6.92 Å². The van der Waals surface area contributed by atoms with Crippen molar-refractivity contribution in [2.75, 3.05) is 13.2 Å². The highest BCUT2D eigenvalue weighted by Gasteiger charge is 2.56. The molecule has 2 atom stereocenters. The number of hydrogen-bond donors (Lipinski definition) is 0. The molecule has 0 aromatic heterocycles. The van der Waals surface area contributed by atoms with Crippen molar-refractivity contribution in [3.63, 3.8) is 0 Å². The lowest BCUT2D eigenvalue weighted by Crippen LogP contribution is -2.53. The van der Waals surface area contributed by atoms with E-state index in [-0.39, 0.29) is 17.3 Å². The Morgan fingerprint density at radius 2 is 2.04 bits per heavy atom. The largest absolute Gasteiger partial charge is 0.455 e. The monoisotopic (exact) mass is 322 g/mol. The molecule has 1 saturated carbocycles. The van der Waals surface area contributed by atoms with Gasteiger partial charge in [-0.3, -0.25) is 4.79 Å². The van der Waals surface area contributed by atoms with E-state index in [1.54, 1.807) is 6.08 Å². The van der Waals surface area contributed by atoms with Crippen LogP contribution >= 0.6 is 0 Å². The molecule has 0 unspecified atom stereocenters. The molecular formula is C19H30O4. The predicted octanol–water partition coefficient (Wildman–Crippen LogP) is 4.01. The summed E-state index contributed by atoms with van der Waals surface area (Å²) in [7, 11) is 0. The zero-order valence-corrected chi connectivity index (χ0v) is 14.9. The number of ether oxygens (including phenoxy) is 3. The van der Waals surface area contributed by atoms with E-state index in [4.69, 9.17) is 14.2 Å². The van der Waals surface area contributed by atoms with Crippen molar-refractivity contribution in [3.05, 3.63) is 24.8 Å². The Hall–Kier alpha value is -1.13. The Morgan fingerprint density at radius 1 is 1.43 bits per heavy atom. The van der Waals surface area contributed by atoms with Gasteiger partial charge in [-0.05, 0) is 38.2 Å². The maximum Gasteiger partial charge on any atom is 0.303 e. The zero-order valence-electron chi connectivity index (χ0n) is 14.9. The lowest BCUT2D eigenvalue weighted by atomic mass is 9.61. The average Bonchev–Trinajstić information content (AvgIpc) is 2.93. The lowest BCUT2D eigenvalue weighted by Gasteiger charge is -2.52. The van der Waals surface area contributed by atoms with Crippen molar-refractivity contribution < 1.29 is 19.0 Å². The van der Waals surface area contributed by atoms with Crippen LogP contribution in [0.4, 0.5) is 0 Å². The van der Waals surface area contributed by atoms with Crippen molar-refractivity contribution in [1.29, 1.82) is 0 Å². The number of carbonyl (C=O) groups excluding carboxylic acids is 1. The van der Waals surface area contributed by atoms with Gasteiger partial charge in [0.05, 0.1) is 13.2 Å². The Kier molecular flexibility index (Phi) is 5.07. The van der Waals surface area contributed by atoms with E-state index in [1.165, 1.54) is 12.5 Å². The van der Waals surface area contributed by atoms with E-state index in [9.17, 15) is 4.79 Å². The summed E-state index contributed by atoms with van der Waals surface area (Å²) in [4.78, 5) is 11.3. The maximum atomic E-state index is 11.3. The summed E-state index contributed by atoms with van der Waals surface area (Å²) in [6.45, 7) is 17.2. The molecule has 4 nitrogen and oxygen atoms in total. The zero-order chi connectivity index (χ0) is 17.3. The predicted molar refractivity (Wildman–Crippen MR) is 89.9 cm³/mol. The Morgan fingerprint density at radius 3 is 2.57 bits per heavy atom. The van der Waals surface area contributed by atoms with Crippen LogP contribution in [-0.2, 0) is 19.0 Å². The van der Waals surface area contributed by atoms with Gasteiger partial charge in [0, 0.05) is 18.8 Å². The topological polar surface area (TPSA) is 44.8 Å². The summed E-state index contributed by atoms with van der Waals surface area (Å²) in [5, 5.41) is 0. The van der Waals surface area contributed by atoms with Crippen molar-refractivity contribution >= 4 is 5.97 Å². The van der Waals surface area contributed by atoms with Crippen LogP contribution in [-0.4, -0.2) is 30.6 Å². The fourth-order valence-electron chi connectivity index (χ4n) is 4.09. The smallest absolute Gasteiger partial charge is 0.303 e. The molecule has 130 valence electrons. The molecular weight excluding hydrogens is 292 g/mol. The summed E-state index contributed by atoms with van der Waals surface area (Å²) < 4.78 is 17.5. The van der Waals surface area contributed by atoms with Crippen LogP contribution in [0.2, 0.25) is 0 Å². The Labute approximate surface area is 139 Å². The first kappa shape index (κ1) is 18.2. The highest BCUT2D eigenvalue weighted by molar-refractivity contribution is 5.66. The average molecular weight is 322 g/mol. The molecule has 1 spiro atoms. The number of allylic oxidation sites excluding steroid dienone is 1. The van der Waals surface area contributed by atoms with Crippen LogP contribution in [0.15, 0.2) is 24.8 Å². The van der Waals surface area contributed by atoms with Crippen LogP contribution in [0.25, 0.3) is 0 Å². The van der Waals surface area contributed by atoms with Crippen LogP contribution < -0.4 is 0 Å². The molecule has 0 amide bonds. The SMILES string of the molecule is C=C[C@@](C)(CC[C@@H]1C(=C)CCC2(OCCO2)C1(C)C)OC(C)=O. The third-order valence-corrected chi connectivity index (χ3v) is 5.61. The third-order valence-electron chi connectivity index (χ3n) is 5.61. The maximum absolute atomic E-state index is 11.3. The molecule has 1 aliphatic carbocycles. The first-order valence-electron chi connectivity index (χ1n) is 8.44. The molecule has 2 rings (SSSR count). The molecule has 0 radical (unpaired) electrons. The fourth-order valence-corrected chi connectivity index (χ4v) is 4.09. The fraction of sp³-hybridized carbons (Fsp3) is 0.737. The van der Waals surface area contributed by atoms with Crippen molar-refractivity contribution in [3.8, 4) is 0 Å². The van der Waals surface area contributed by atoms with E-state index in [2.05, 4.69) is 27.0 Å². The summed E-state index contributed by atoms with van der Waals surface area (Å²) in [6, 6.07) is 0. The quantitative estimate of drug-likeness (QED) is 0.567. The van der Waals surface area contributed by atoms with Gasteiger partial charge in [-0.15, -0.1) is 0 Å². The van der Waals surface area contributed by atoms with Crippen molar-refractivity contribution in [1.82, 2.24) is 0 Å². The first-order valence-corrected chi connectivity index (χ1v) is 8.44. The molecule has 0 aromatic carbocycles. The van der Waals surface area contributed by atoms with Gasteiger partial charge in [0.15, 0.2) is 5.79 Å². The Bertz CT molecular complexity index is 488. The van der Waals surface area contributed by atoms with Crippen LogP contribution in [0.3, 0.4) is 0 Å². The molecule has 2 fully saturated rings. The minimum atomic E-state index is -0.649. The minimum Gasteiger partial charge on any atom is -0.455 e. The van der Waals surface area contributed by atoms with Gasteiger partial charge in [0.1, 0.15) is 5.60 Å². The Balaban J connectivity index is 2.14. The molecule has 4 heteroatoms. The highest BCUT2D eigenvalue weighted by atomic mass is 16.7. The van der Waals surface area contributed by atoms with Crippen LogP contribution in [0, 0.1) is 11.3 Å². The van der Waals surface area contributed by atoms with Gasteiger partial charge in [-0.25, -0.2) is 0 Å². The van der Waals surface area contributed by atoms with Gasteiger partial charge in [0.2, 0.25) is 0 Å². The van der Waals surface area contributed by atoms with Crippen molar-refractivity contribution in [2.45, 2.75) is 64.8 Å². The van der Waals surface area contributed by atoms with E-state index in [0.29, 0.717) is 19.6 Å². The van der Waals surface area contributed by atoms with Gasteiger partial charge in [-0.1, -0.05) is 32.6 Å². The number of rotatable bonds is 5. The first-order chi connectivity index (χ1) is 10.7. The normalized spacial score (nSPS) is 28.3. The van der Waals surface area contributed by atoms with Gasteiger partial charge in [0.25, 0.3) is 0 Å². The molecule has 1 aliphatic heterocycles.